The second-order valence-corrected chi connectivity index (χ2v) is 4.44. The Morgan fingerprint density at radius 3 is 2.95 bits per heavy atom. The lowest BCUT2D eigenvalue weighted by molar-refractivity contribution is -0.119. The van der Waals surface area contributed by atoms with Gasteiger partial charge in [-0.1, -0.05) is 0 Å². The van der Waals surface area contributed by atoms with E-state index < -0.39 is 5.95 Å². The molecule has 2 rings (SSSR count). The van der Waals surface area contributed by atoms with Gasteiger partial charge >= 0.3 is 0 Å². The first-order chi connectivity index (χ1) is 10.5. The van der Waals surface area contributed by atoms with Crippen LogP contribution < -0.4 is 10.6 Å². The summed E-state index contributed by atoms with van der Waals surface area (Å²) in [6, 6.07) is 2.80. The van der Waals surface area contributed by atoms with Crippen molar-refractivity contribution in [2.24, 2.45) is 7.05 Å². The topological polar surface area (TPSA) is 95.7 Å². The number of aryl methyl sites for hydroxylation is 1. The highest BCUT2D eigenvalue weighted by Crippen LogP contribution is 2.06. The maximum Gasteiger partial charge on any atom is 0.233 e. The van der Waals surface area contributed by atoms with E-state index in [-0.39, 0.29) is 18.2 Å². The minimum absolute atomic E-state index is 0.0822. The van der Waals surface area contributed by atoms with Crippen LogP contribution in [-0.2, 0) is 18.3 Å². The Balaban J connectivity index is 1.81. The highest BCUT2D eigenvalue weighted by atomic mass is 19.1. The van der Waals surface area contributed by atoms with E-state index in [1.165, 1.54) is 24.5 Å². The van der Waals surface area contributed by atoms with Gasteiger partial charge in [0.15, 0.2) is 0 Å². The summed E-state index contributed by atoms with van der Waals surface area (Å²) in [5.41, 5.74) is 0.496. The predicted octanol–water partition coefficient (Wildman–Crippen LogP) is 1.22. The number of nitrogens with zero attached hydrogens (tertiary/aromatic N) is 3. The second-order valence-electron chi connectivity index (χ2n) is 4.44. The number of hydrogen-bond acceptors (Lipinski definition) is 5. The molecule has 0 aliphatic carbocycles. The summed E-state index contributed by atoms with van der Waals surface area (Å²) < 4.78 is 14.6. The van der Waals surface area contributed by atoms with Gasteiger partial charge in [-0.15, -0.1) is 0 Å². The fourth-order valence-electron chi connectivity index (χ4n) is 1.66. The van der Waals surface area contributed by atoms with E-state index in [1.807, 2.05) is 0 Å². The van der Waals surface area contributed by atoms with Gasteiger partial charge in [0.1, 0.15) is 11.7 Å². The van der Waals surface area contributed by atoms with Crippen molar-refractivity contribution in [2.75, 3.05) is 5.32 Å². The highest BCUT2D eigenvalue weighted by molar-refractivity contribution is 6.03. The van der Waals surface area contributed by atoms with Crippen LogP contribution in [0.25, 0.3) is 0 Å². The number of nitrogens with one attached hydrogen (secondary N) is 3. The van der Waals surface area contributed by atoms with E-state index in [9.17, 15) is 9.18 Å². The Morgan fingerprint density at radius 2 is 2.27 bits per heavy atom. The zero-order chi connectivity index (χ0) is 15.9. The van der Waals surface area contributed by atoms with Crippen LogP contribution in [0.4, 0.5) is 10.1 Å². The minimum Gasteiger partial charge on any atom is -0.361 e. The number of aromatic nitrogens is 3. The molecule has 0 saturated heterocycles. The molecule has 0 bridgehead atoms. The molecular weight excluding hydrogens is 287 g/mol. The first kappa shape index (κ1) is 15.4. The summed E-state index contributed by atoms with van der Waals surface area (Å²) in [7, 11) is 1.79. The van der Waals surface area contributed by atoms with Crippen molar-refractivity contribution in [3.05, 3.63) is 54.8 Å². The van der Waals surface area contributed by atoms with Crippen LogP contribution in [0.3, 0.4) is 0 Å². The molecule has 2 aromatic rings. The van der Waals surface area contributed by atoms with E-state index in [0.29, 0.717) is 11.5 Å². The summed E-state index contributed by atoms with van der Waals surface area (Å²) >= 11 is 0. The Morgan fingerprint density at radius 1 is 1.45 bits per heavy atom. The number of anilines is 1. The van der Waals surface area contributed by atoms with Crippen LogP contribution in [-0.4, -0.2) is 26.3 Å². The number of carbonyl (C=O) groups excluding carboxylic acids is 1. The van der Waals surface area contributed by atoms with Crippen molar-refractivity contribution >= 4 is 17.4 Å². The molecule has 7 nitrogen and oxygen atoms in total. The SMILES string of the molecule is Cn1ccnc1CC(=O)NC(=N)/C=C\Nc1ccnc(F)c1. The molecule has 2 aromatic heterocycles. The maximum absolute atomic E-state index is 12.9. The van der Waals surface area contributed by atoms with Crippen molar-refractivity contribution in [1.82, 2.24) is 19.9 Å². The van der Waals surface area contributed by atoms with Gasteiger partial charge in [-0.2, -0.15) is 4.39 Å². The number of rotatable bonds is 5. The third-order valence-corrected chi connectivity index (χ3v) is 2.74. The third kappa shape index (κ3) is 4.51. The molecule has 1 amide bonds. The molecular formula is C14H15FN6O. The van der Waals surface area contributed by atoms with Gasteiger partial charge in [0.05, 0.1) is 6.42 Å². The van der Waals surface area contributed by atoms with Gasteiger partial charge < -0.3 is 15.2 Å². The lowest BCUT2D eigenvalue weighted by atomic mass is 10.3. The second kappa shape index (κ2) is 7.11. The van der Waals surface area contributed by atoms with Gasteiger partial charge in [0, 0.05) is 43.6 Å². The highest BCUT2D eigenvalue weighted by Gasteiger charge is 2.07. The molecule has 0 aliphatic heterocycles. The molecule has 0 spiro atoms. The normalized spacial score (nSPS) is 10.6. The van der Waals surface area contributed by atoms with E-state index in [1.54, 1.807) is 30.1 Å². The predicted molar refractivity (Wildman–Crippen MR) is 79.7 cm³/mol. The van der Waals surface area contributed by atoms with Gasteiger partial charge in [-0.25, -0.2) is 9.97 Å². The monoisotopic (exact) mass is 302 g/mol. The van der Waals surface area contributed by atoms with Crippen molar-refractivity contribution in [1.29, 1.82) is 5.41 Å². The zero-order valence-electron chi connectivity index (χ0n) is 11.9. The lowest BCUT2D eigenvalue weighted by Crippen LogP contribution is -2.30. The largest absolute Gasteiger partial charge is 0.361 e. The molecule has 0 fully saturated rings. The minimum atomic E-state index is -0.600. The smallest absolute Gasteiger partial charge is 0.233 e. The van der Waals surface area contributed by atoms with E-state index in [2.05, 4.69) is 20.6 Å². The molecule has 0 saturated carbocycles. The number of amides is 1. The molecule has 0 aliphatic rings. The Labute approximate surface area is 126 Å². The summed E-state index contributed by atoms with van der Waals surface area (Å²) in [5, 5.41) is 12.8. The fraction of sp³-hybridized carbons (Fsp3) is 0.143. The molecule has 2 heterocycles. The molecule has 0 radical (unpaired) electrons. The van der Waals surface area contributed by atoms with Crippen LogP contribution in [0.5, 0.6) is 0 Å². The van der Waals surface area contributed by atoms with Crippen LogP contribution >= 0.6 is 0 Å². The van der Waals surface area contributed by atoms with Gasteiger partial charge in [-0.3, -0.25) is 10.2 Å². The van der Waals surface area contributed by atoms with Gasteiger partial charge in [-0.05, 0) is 12.1 Å². The molecule has 0 unspecified atom stereocenters. The summed E-state index contributed by atoms with van der Waals surface area (Å²) in [5.74, 6) is -0.406. The van der Waals surface area contributed by atoms with Gasteiger partial charge in [0.25, 0.3) is 0 Å². The standard InChI is InChI=1S/C14H15FN6O/c1-21-7-6-19-13(21)9-14(22)20-12(16)3-5-17-10-2-4-18-11(15)8-10/h2-8H,9H2,1H3,(H,17,18)(H2,16,20,22)/b5-3-. The molecule has 3 N–H and O–H groups in total. The molecule has 8 heteroatoms. The average molecular weight is 302 g/mol. The molecule has 0 atom stereocenters. The van der Waals surface area contributed by atoms with E-state index >= 15 is 0 Å². The van der Waals surface area contributed by atoms with Crippen LogP contribution in [0, 0.1) is 11.4 Å². The van der Waals surface area contributed by atoms with Gasteiger partial charge in [0.2, 0.25) is 11.9 Å². The van der Waals surface area contributed by atoms with E-state index in [0.717, 1.165) is 0 Å². The number of hydrogen-bond donors (Lipinski definition) is 3. The molecule has 0 aromatic carbocycles. The summed E-state index contributed by atoms with van der Waals surface area (Å²) in [4.78, 5) is 19.2. The maximum atomic E-state index is 12.9. The number of carbonyl (C=O) groups is 1. The lowest BCUT2D eigenvalue weighted by Gasteiger charge is -2.04. The third-order valence-electron chi connectivity index (χ3n) is 2.74. The number of imidazole rings is 1. The number of halogens is 1. The number of pyridine rings is 1. The Bertz CT molecular complexity index is 709. The van der Waals surface area contributed by atoms with Crippen molar-refractivity contribution < 1.29 is 9.18 Å². The Hall–Kier alpha value is -3.03. The fourth-order valence-corrected chi connectivity index (χ4v) is 1.66. The summed E-state index contributed by atoms with van der Waals surface area (Å²) in [6.45, 7) is 0. The first-order valence-electron chi connectivity index (χ1n) is 6.44. The Kier molecular flexibility index (Phi) is 4.97. The van der Waals surface area contributed by atoms with Crippen molar-refractivity contribution in [2.45, 2.75) is 6.42 Å². The molecule has 114 valence electrons. The quantitative estimate of drug-likeness (QED) is 0.439. The first-order valence-corrected chi connectivity index (χ1v) is 6.44. The van der Waals surface area contributed by atoms with Crippen molar-refractivity contribution in [3.8, 4) is 0 Å². The molecule has 22 heavy (non-hydrogen) atoms. The van der Waals surface area contributed by atoms with Crippen LogP contribution in [0.15, 0.2) is 43.0 Å². The zero-order valence-corrected chi connectivity index (χ0v) is 11.9. The van der Waals surface area contributed by atoms with E-state index in [4.69, 9.17) is 5.41 Å². The number of amidine groups is 1. The van der Waals surface area contributed by atoms with Crippen molar-refractivity contribution in [3.63, 3.8) is 0 Å². The summed E-state index contributed by atoms with van der Waals surface area (Å²) in [6.07, 6.45) is 7.54. The van der Waals surface area contributed by atoms with Crippen LogP contribution in [0.2, 0.25) is 0 Å². The average Bonchev–Trinajstić information content (AvgIpc) is 2.84. The van der Waals surface area contributed by atoms with Crippen LogP contribution in [0.1, 0.15) is 5.82 Å².